The lowest BCUT2D eigenvalue weighted by atomic mass is 10.1. The second-order valence-electron chi connectivity index (χ2n) is 8.64. The molecule has 2 aromatic carbocycles. The van der Waals surface area contributed by atoms with E-state index in [-0.39, 0.29) is 17.9 Å². The lowest BCUT2D eigenvalue weighted by Gasteiger charge is -2.07. The van der Waals surface area contributed by atoms with Gasteiger partial charge in [-0.05, 0) is 35.3 Å². The second kappa shape index (κ2) is 12.1. The van der Waals surface area contributed by atoms with Gasteiger partial charge in [-0.15, -0.1) is 0 Å². The number of aryl methyl sites for hydroxylation is 1. The van der Waals surface area contributed by atoms with Crippen LogP contribution in [0.3, 0.4) is 0 Å². The van der Waals surface area contributed by atoms with Crippen LogP contribution >= 0.6 is 0 Å². The van der Waals surface area contributed by atoms with E-state index in [9.17, 15) is 9.59 Å². The molecule has 0 bridgehead atoms. The predicted octanol–water partition coefficient (Wildman–Crippen LogP) is 3.92. The summed E-state index contributed by atoms with van der Waals surface area (Å²) in [7, 11) is 0. The molecule has 1 amide bonds. The Labute approximate surface area is 215 Å². The Balaban J connectivity index is 1.30. The number of hydrogen-bond donors (Lipinski definition) is 4. The summed E-state index contributed by atoms with van der Waals surface area (Å²) < 4.78 is 1.54. The SMILES string of the molecule is N/C(C#CCCn1ccc(NC(=O)Cc2ccccc2)cc1=O)=C\c1cc(Cc2ccccc2)[nH]c1N. The number of rotatable bonds is 8. The van der Waals surface area contributed by atoms with Crippen molar-refractivity contribution in [1.29, 1.82) is 0 Å². The van der Waals surface area contributed by atoms with Crippen LogP contribution in [0.5, 0.6) is 0 Å². The maximum atomic E-state index is 12.4. The van der Waals surface area contributed by atoms with E-state index in [4.69, 9.17) is 11.5 Å². The standard InChI is InChI=1S/C30H29N5O2/c31-25(19-24-20-27(34-30(24)32)17-22-9-3-1-4-10-22)13-7-8-15-35-16-14-26(21-29(35)37)33-28(36)18-23-11-5-2-6-12-23/h1-6,9-12,14,16,19-21,34H,8,15,17-18,31-32H2,(H,33,36)/b25-19-. The molecule has 0 aliphatic carbocycles. The highest BCUT2D eigenvalue weighted by Gasteiger charge is 2.06. The van der Waals surface area contributed by atoms with E-state index >= 15 is 0 Å². The monoisotopic (exact) mass is 491 g/mol. The molecular formula is C30H29N5O2. The van der Waals surface area contributed by atoms with Gasteiger partial charge in [-0.2, -0.15) is 0 Å². The number of amides is 1. The molecule has 0 saturated heterocycles. The van der Waals surface area contributed by atoms with Crippen LogP contribution in [0.4, 0.5) is 11.5 Å². The minimum absolute atomic E-state index is 0.174. The van der Waals surface area contributed by atoms with Crippen molar-refractivity contribution in [3.8, 4) is 11.8 Å². The average molecular weight is 492 g/mol. The number of nitrogen functional groups attached to an aromatic ring is 1. The van der Waals surface area contributed by atoms with Gasteiger partial charge in [-0.25, -0.2) is 0 Å². The normalized spacial score (nSPS) is 11.0. The van der Waals surface area contributed by atoms with Gasteiger partial charge < -0.3 is 26.3 Å². The lowest BCUT2D eigenvalue weighted by molar-refractivity contribution is -0.115. The molecule has 0 radical (unpaired) electrons. The molecule has 4 rings (SSSR count). The first-order chi connectivity index (χ1) is 18.0. The van der Waals surface area contributed by atoms with E-state index in [1.807, 2.05) is 54.6 Å². The topological polar surface area (TPSA) is 119 Å². The maximum Gasteiger partial charge on any atom is 0.252 e. The Morgan fingerprint density at radius 2 is 1.70 bits per heavy atom. The molecule has 0 saturated carbocycles. The van der Waals surface area contributed by atoms with Crippen LogP contribution in [0.1, 0.15) is 28.8 Å². The fourth-order valence-electron chi connectivity index (χ4n) is 3.88. The number of benzene rings is 2. The second-order valence-corrected chi connectivity index (χ2v) is 8.64. The van der Waals surface area contributed by atoms with Crippen LogP contribution in [0.2, 0.25) is 0 Å². The Morgan fingerprint density at radius 3 is 2.41 bits per heavy atom. The van der Waals surface area contributed by atoms with Gasteiger partial charge in [0.25, 0.3) is 5.56 Å². The maximum absolute atomic E-state index is 12.4. The van der Waals surface area contributed by atoms with E-state index in [2.05, 4.69) is 34.3 Å². The molecule has 4 aromatic rings. The number of hydrogen-bond acceptors (Lipinski definition) is 4. The molecule has 186 valence electrons. The number of carbonyl (C=O) groups excluding carboxylic acids is 1. The predicted molar refractivity (Wildman–Crippen MR) is 148 cm³/mol. The molecule has 7 heteroatoms. The van der Waals surface area contributed by atoms with Crippen LogP contribution in [0.15, 0.2) is 95.6 Å². The molecule has 6 N–H and O–H groups in total. The fraction of sp³-hybridized carbons (Fsp3) is 0.133. The Kier molecular flexibility index (Phi) is 8.25. The van der Waals surface area contributed by atoms with Gasteiger partial charge in [0.05, 0.1) is 12.1 Å². The third kappa shape index (κ3) is 7.51. The first kappa shape index (κ1) is 25.1. The highest BCUT2D eigenvalue weighted by atomic mass is 16.1. The van der Waals surface area contributed by atoms with Crippen LogP contribution in [0.25, 0.3) is 6.08 Å². The molecule has 7 nitrogen and oxygen atoms in total. The number of nitrogens with zero attached hydrogens (tertiary/aromatic N) is 1. The molecule has 0 spiro atoms. The highest BCUT2D eigenvalue weighted by Crippen LogP contribution is 2.18. The van der Waals surface area contributed by atoms with Crippen molar-refractivity contribution in [2.45, 2.75) is 25.8 Å². The van der Waals surface area contributed by atoms with Crippen LogP contribution in [-0.4, -0.2) is 15.5 Å². The number of aromatic nitrogens is 2. The Hall–Kier alpha value is -4.96. The van der Waals surface area contributed by atoms with Crippen LogP contribution < -0.4 is 22.3 Å². The van der Waals surface area contributed by atoms with Gasteiger partial charge in [0.1, 0.15) is 5.82 Å². The number of aromatic amines is 1. The summed E-state index contributed by atoms with van der Waals surface area (Å²) in [5.41, 5.74) is 16.7. The van der Waals surface area contributed by atoms with Gasteiger partial charge in [0.15, 0.2) is 0 Å². The summed E-state index contributed by atoms with van der Waals surface area (Å²) in [5.74, 6) is 6.28. The van der Waals surface area contributed by atoms with Crippen molar-refractivity contribution in [2.24, 2.45) is 5.73 Å². The minimum Gasteiger partial charge on any atom is -0.392 e. The van der Waals surface area contributed by atoms with Crippen molar-refractivity contribution in [1.82, 2.24) is 9.55 Å². The van der Waals surface area contributed by atoms with Crippen LogP contribution in [0, 0.1) is 11.8 Å². The number of H-pyrrole nitrogens is 1. The van der Waals surface area contributed by atoms with E-state index in [0.717, 1.165) is 23.2 Å². The zero-order valence-electron chi connectivity index (χ0n) is 20.4. The van der Waals surface area contributed by atoms with E-state index in [0.29, 0.717) is 30.2 Å². The van der Waals surface area contributed by atoms with Gasteiger partial charge in [-0.3, -0.25) is 9.59 Å². The third-order valence-corrected chi connectivity index (χ3v) is 5.68. The third-order valence-electron chi connectivity index (χ3n) is 5.68. The summed E-state index contributed by atoms with van der Waals surface area (Å²) in [6.07, 6.45) is 4.82. The average Bonchev–Trinajstić information content (AvgIpc) is 3.22. The number of nitrogens with two attached hydrogens (primary N) is 2. The van der Waals surface area contributed by atoms with Crippen molar-refractivity contribution < 1.29 is 4.79 Å². The van der Waals surface area contributed by atoms with Gasteiger partial charge in [0.2, 0.25) is 5.91 Å². The summed E-state index contributed by atoms with van der Waals surface area (Å²) in [4.78, 5) is 27.8. The van der Waals surface area contributed by atoms with E-state index in [1.165, 1.54) is 11.6 Å². The Bertz CT molecular complexity index is 1510. The van der Waals surface area contributed by atoms with Gasteiger partial charge in [0, 0.05) is 48.6 Å². The molecule has 0 aliphatic rings. The fourth-order valence-corrected chi connectivity index (χ4v) is 3.88. The van der Waals surface area contributed by atoms with Crippen molar-refractivity contribution in [3.63, 3.8) is 0 Å². The number of allylic oxidation sites excluding steroid dienone is 1. The molecule has 0 aliphatic heterocycles. The summed E-state index contributed by atoms with van der Waals surface area (Å²) >= 11 is 0. The largest absolute Gasteiger partial charge is 0.392 e. The van der Waals surface area contributed by atoms with Crippen molar-refractivity contribution in [3.05, 3.63) is 123 Å². The van der Waals surface area contributed by atoms with Crippen molar-refractivity contribution in [2.75, 3.05) is 11.1 Å². The number of pyridine rings is 1. The number of carbonyl (C=O) groups is 1. The van der Waals surface area contributed by atoms with Crippen molar-refractivity contribution >= 4 is 23.5 Å². The molecule has 0 fully saturated rings. The molecular weight excluding hydrogens is 462 g/mol. The molecule has 2 heterocycles. The quantitative estimate of drug-likeness (QED) is 0.279. The Morgan fingerprint density at radius 1 is 1.00 bits per heavy atom. The highest BCUT2D eigenvalue weighted by molar-refractivity contribution is 5.92. The summed E-state index contributed by atoms with van der Waals surface area (Å²) in [6, 6.07) is 24.6. The first-order valence-electron chi connectivity index (χ1n) is 12.0. The van der Waals surface area contributed by atoms with E-state index in [1.54, 1.807) is 22.9 Å². The zero-order chi connectivity index (χ0) is 26.0. The molecule has 2 aromatic heterocycles. The van der Waals surface area contributed by atoms with E-state index < -0.39 is 0 Å². The molecule has 0 atom stereocenters. The van der Waals surface area contributed by atoms with Gasteiger partial charge in [-0.1, -0.05) is 66.6 Å². The number of anilines is 2. The van der Waals surface area contributed by atoms with Crippen LogP contribution in [-0.2, 0) is 24.2 Å². The lowest BCUT2D eigenvalue weighted by Crippen LogP contribution is -2.21. The zero-order valence-corrected chi connectivity index (χ0v) is 20.4. The molecule has 0 unspecified atom stereocenters. The number of nitrogens with one attached hydrogen (secondary N) is 2. The molecule has 37 heavy (non-hydrogen) atoms. The first-order valence-corrected chi connectivity index (χ1v) is 12.0. The minimum atomic E-state index is -0.214. The smallest absolute Gasteiger partial charge is 0.252 e. The van der Waals surface area contributed by atoms with Gasteiger partial charge >= 0.3 is 0 Å². The summed E-state index contributed by atoms with van der Waals surface area (Å²) in [5, 5.41) is 2.77. The summed E-state index contributed by atoms with van der Waals surface area (Å²) in [6.45, 7) is 0.408.